The van der Waals surface area contributed by atoms with E-state index in [9.17, 15) is 14.9 Å². The van der Waals surface area contributed by atoms with Gasteiger partial charge in [0.2, 0.25) is 11.7 Å². The maximum Gasteiger partial charge on any atom is 0.269 e. The minimum absolute atomic E-state index is 0.00128. The quantitative estimate of drug-likeness (QED) is 0.273. The molecule has 0 aliphatic heterocycles. The summed E-state index contributed by atoms with van der Waals surface area (Å²) in [6.45, 7) is 1.01. The fourth-order valence-corrected chi connectivity index (χ4v) is 3.91. The first-order valence-corrected chi connectivity index (χ1v) is 10.9. The van der Waals surface area contributed by atoms with Crippen molar-refractivity contribution in [1.82, 2.24) is 15.0 Å². The summed E-state index contributed by atoms with van der Waals surface area (Å²) in [6, 6.07) is 19.7. The first kappa shape index (κ1) is 21.4. The monoisotopic (exact) mass is 448 g/mol. The van der Waals surface area contributed by atoms with Gasteiger partial charge in [0.15, 0.2) is 0 Å². The van der Waals surface area contributed by atoms with Crippen LogP contribution in [0.25, 0.3) is 11.4 Å². The highest BCUT2D eigenvalue weighted by Crippen LogP contribution is 2.20. The van der Waals surface area contributed by atoms with Crippen LogP contribution in [0.4, 0.5) is 5.69 Å². The van der Waals surface area contributed by atoms with Crippen LogP contribution in [-0.4, -0.2) is 39.0 Å². The SMILES string of the molecule is O=C(c1cccs1)N(CCc1ccccc1)CCc1nc(-c2ccc([N+](=O)[O-])cc2)no1. The Morgan fingerprint density at radius 1 is 1.00 bits per heavy atom. The number of hydrogen-bond acceptors (Lipinski definition) is 7. The maximum atomic E-state index is 13.0. The van der Waals surface area contributed by atoms with Gasteiger partial charge in [-0.2, -0.15) is 4.98 Å². The number of hydrogen-bond donors (Lipinski definition) is 0. The first-order chi connectivity index (χ1) is 15.6. The number of amides is 1. The number of nitro benzene ring substituents is 1. The van der Waals surface area contributed by atoms with E-state index in [1.54, 1.807) is 17.0 Å². The zero-order chi connectivity index (χ0) is 22.3. The summed E-state index contributed by atoms with van der Waals surface area (Å²) in [7, 11) is 0. The van der Waals surface area contributed by atoms with E-state index in [0.717, 1.165) is 12.0 Å². The molecule has 0 unspecified atom stereocenters. The number of thiophene rings is 1. The summed E-state index contributed by atoms with van der Waals surface area (Å²) >= 11 is 1.42. The largest absolute Gasteiger partial charge is 0.339 e. The highest BCUT2D eigenvalue weighted by Gasteiger charge is 2.18. The second-order valence-corrected chi connectivity index (χ2v) is 8.02. The standard InChI is InChI=1S/C23H20N4O4S/c28-23(20-7-4-16-32-20)26(14-12-17-5-2-1-3-6-17)15-13-21-24-22(25-31-21)18-8-10-19(11-9-18)27(29)30/h1-11,16H,12-15H2. The maximum absolute atomic E-state index is 13.0. The third-order valence-electron chi connectivity index (χ3n) is 4.93. The lowest BCUT2D eigenvalue weighted by Gasteiger charge is -2.21. The molecule has 2 aromatic heterocycles. The fraction of sp³-hybridized carbons (Fsp3) is 0.174. The van der Waals surface area contributed by atoms with Crippen LogP contribution >= 0.6 is 11.3 Å². The third-order valence-corrected chi connectivity index (χ3v) is 5.79. The summed E-state index contributed by atoms with van der Waals surface area (Å²) in [5, 5.41) is 16.7. The van der Waals surface area contributed by atoms with Crippen molar-refractivity contribution in [3.63, 3.8) is 0 Å². The molecular formula is C23H20N4O4S. The van der Waals surface area contributed by atoms with Gasteiger partial charge >= 0.3 is 0 Å². The van der Waals surface area contributed by atoms with Crippen LogP contribution in [0.2, 0.25) is 0 Å². The van der Waals surface area contributed by atoms with E-state index in [0.29, 0.717) is 41.7 Å². The molecule has 0 saturated carbocycles. The Hall–Kier alpha value is -3.85. The van der Waals surface area contributed by atoms with Crippen molar-refractivity contribution < 1.29 is 14.2 Å². The number of nitrogens with zero attached hydrogens (tertiary/aromatic N) is 4. The normalized spacial score (nSPS) is 10.8. The van der Waals surface area contributed by atoms with E-state index in [1.165, 1.54) is 23.5 Å². The zero-order valence-electron chi connectivity index (χ0n) is 17.1. The molecule has 0 bridgehead atoms. The van der Waals surface area contributed by atoms with Gasteiger partial charge in [0.25, 0.3) is 11.6 Å². The van der Waals surface area contributed by atoms with Gasteiger partial charge < -0.3 is 9.42 Å². The minimum Gasteiger partial charge on any atom is -0.339 e. The molecule has 4 rings (SSSR count). The summed E-state index contributed by atoms with van der Waals surface area (Å²) in [5.74, 6) is 0.739. The number of non-ortho nitro benzene ring substituents is 1. The highest BCUT2D eigenvalue weighted by atomic mass is 32.1. The van der Waals surface area contributed by atoms with Crippen LogP contribution in [-0.2, 0) is 12.8 Å². The molecule has 4 aromatic rings. The molecule has 0 atom stereocenters. The Bertz CT molecular complexity index is 1170. The van der Waals surface area contributed by atoms with Crippen molar-refractivity contribution in [1.29, 1.82) is 0 Å². The summed E-state index contributed by atoms with van der Waals surface area (Å²) < 4.78 is 5.35. The average molecular weight is 449 g/mol. The van der Waals surface area contributed by atoms with Gasteiger partial charge in [-0.05, 0) is 35.6 Å². The molecule has 0 radical (unpaired) electrons. The minimum atomic E-state index is -0.458. The van der Waals surface area contributed by atoms with Gasteiger partial charge in [-0.1, -0.05) is 41.6 Å². The Labute approximate surface area is 188 Å². The van der Waals surface area contributed by atoms with E-state index in [2.05, 4.69) is 10.1 Å². The van der Waals surface area contributed by atoms with Crippen LogP contribution < -0.4 is 0 Å². The molecule has 0 spiro atoms. The fourth-order valence-electron chi connectivity index (χ4n) is 3.22. The van der Waals surface area contributed by atoms with Crippen LogP contribution in [0.3, 0.4) is 0 Å². The summed E-state index contributed by atoms with van der Waals surface area (Å²) in [4.78, 5) is 30.2. The van der Waals surface area contributed by atoms with E-state index in [-0.39, 0.29) is 11.6 Å². The van der Waals surface area contributed by atoms with Gasteiger partial charge in [0, 0.05) is 37.2 Å². The molecule has 2 aromatic carbocycles. The Morgan fingerprint density at radius 2 is 1.75 bits per heavy atom. The van der Waals surface area contributed by atoms with E-state index < -0.39 is 4.92 Å². The molecule has 0 N–H and O–H groups in total. The van der Waals surface area contributed by atoms with Crippen molar-refractivity contribution in [3.05, 3.63) is 98.6 Å². The lowest BCUT2D eigenvalue weighted by atomic mass is 10.1. The van der Waals surface area contributed by atoms with Crippen molar-refractivity contribution in [2.45, 2.75) is 12.8 Å². The predicted octanol–water partition coefficient (Wildman–Crippen LogP) is 4.63. The van der Waals surface area contributed by atoms with E-state index in [4.69, 9.17) is 4.52 Å². The smallest absolute Gasteiger partial charge is 0.269 e. The highest BCUT2D eigenvalue weighted by molar-refractivity contribution is 7.12. The van der Waals surface area contributed by atoms with Crippen molar-refractivity contribution in [2.75, 3.05) is 13.1 Å². The molecule has 0 aliphatic rings. The lowest BCUT2D eigenvalue weighted by molar-refractivity contribution is -0.384. The van der Waals surface area contributed by atoms with Gasteiger partial charge in [-0.3, -0.25) is 14.9 Å². The number of nitro groups is 1. The number of aromatic nitrogens is 2. The Morgan fingerprint density at radius 3 is 2.44 bits per heavy atom. The molecule has 8 nitrogen and oxygen atoms in total. The van der Waals surface area contributed by atoms with Crippen molar-refractivity contribution in [3.8, 4) is 11.4 Å². The number of rotatable bonds is 9. The topological polar surface area (TPSA) is 102 Å². The number of benzene rings is 2. The molecule has 0 aliphatic carbocycles. The number of carbonyl (C=O) groups is 1. The first-order valence-electron chi connectivity index (χ1n) is 10.0. The van der Waals surface area contributed by atoms with Gasteiger partial charge in [0.1, 0.15) is 0 Å². The van der Waals surface area contributed by atoms with Crippen LogP contribution in [0.5, 0.6) is 0 Å². The van der Waals surface area contributed by atoms with E-state index in [1.807, 2.05) is 47.8 Å². The predicted molar refractivity (Wildman–Crippen MR) is 120 cm³/mol. The molecule has 0 saturated heterocycles. The summed E-state index contributed by atoms with van der Waals surface area (Å²) in [6.07, 6.45) is 1.15. The van der Waals surface area contributed by atoms with Gasteiger partial charge in [0.05, 0.1) is 9.80 Å². The second kappa shape index (κ2) is 9.97. The average Bonchev–Trinajstić information content (AvgIpc) is 3.52. The van der Waals surface area contributed by atoms with Gasteiger partial charge in [-0.15, -0.1) is 11.3 Å². The zero-order valence-corrected chi connectivity index (χ0v) is 17.9. The molecule has 162 valence electrons. The third kappa shape index (κ3) is 5.25. The lowest BCUT2D eigenvalue weighted by Crippen LogP contribution is -2.34. The number of carbonyl (C=O) groups excluding carboxylic acids is 1. The van der Waals surface area contributed by atoms with E-state index >= 15 is 0 Å². The second-order valence-electron chi connectivity index (χ2n) is 7.07. The Kier molecular flexibility index (Phi) is 6.66. The van der Waals surface area contributed by atoms with Crippen molar-refractivity contribution >= 4 is 22.9 Å². The van der Waals surface area contributed by atoms with Gasteiger partial charge in [-0.25, -0.2) is 0 Å². The molecular weight excluding hydrogens is 428 g/mol. The molecule has 9 heteroatoms. The van der Waals surface area contributed by atoms with Crippen molar-refractivity contribution in [2.24, 2.45) is 0 Å². The molecule has 0 fully saturated rings. The van der Waals surface area contributed by atoms with Crippen LogP contribution in [0.1, 0.15) is 21.1 Å². The summed E-state index contributed by atoms with van der Waals surface area (Å²) in [5.41, 5.74) is 1.79. The van der Waals surface area contributed by atoms with Crippen LogP contribution in [0, 0.1) is 10.1 Å². The van der Waals surface area contributed by atoms with Crippen LogP contribution in [0.15, 0.2) is 76.6 Å². The molecule has 32 heavy (non-hydrogen) atoms. The molecule has 1 amide bonds. The molecule has 2 heterocycles. The Balaban J connectivity index is 1.43.